The Bertz CT molecular complexity index is 5610. The van der Waals surface area contributed by atoms with Crippen molar-refractivity contribution in [3.05, 3.63) is 335 Å². The van der Waals surface area contributed by atoms with E-state index >= 15 is 0 Å². The zero-order chi connectivity index (χ0) is 78.6. The molecule has 1 amide bonds. The van der Waals surface area contributed by atoms with Crippen molar-refractivity contribution >= 4 is 64.5 Å². The first-order valence-corrected chi connectivity index (χ1v) is 37.4. The van der Waals surface area contributed by atoms with E-state index in [2.05, 4.69) is 10.3 Å². The lowest BCUT2D eigenvalue weighted by atomic mass is 9.95. The third-order valence-electron chi connectivity index (χ3n) is 17.8. The standard InChI is InChI=1S/C31H31FNO6P.C30H22FNO3.C22H20O2.C8H4FNO2/c1-4-38-40(36,39-5-2)18-10-9-17-37-28-19-23(13-15-25(28)22-11-7-6-8-12-22)30-21(3)29(31(34)35)26-20-24(32)14-16-27(26)33-30;1-19-28(30(33)34)25-17-23(31)13-15-26(25)32-29(19)22-12-14-24(21-10-6-3-7-11-21)27(16-22)35-18-20-8-4-2-5-9-20;1-2-21(23)19-13-14-20(18-11-7-4-8-12-18)22(15-19)24-16-17-9-5-3-6-10-17;9-4-1-2-6-5(3-4)7(11)8(12)10-6/h6-16,19-20H,4-5,17-18H2,1-3H3,(H,34,35);2-17H,18H2,1H3,(H,33,34);3-15H,2,16H2,1H3;1-3H,(H,10,11,12)/b10-9+;;;. The van der Waals surface area contributed by atoms with Crippen LogP contribution in [-0.2, 0) is 31.6 Å². The second kappa shape index (κ2) is 37.3. The van der Waals surface area contributed by atoms with Gasteiger partial charge >= 0.3 is 19.5 Å². The zero-order valence-corrected chi connectivity index (χ0v) is 62.2. The molecule has 560 valence electrons. The topological polar surface area (TPSA) is 227 Å². The molecular formula is C91H77F3N3O13P. The second-order valence-corrected chi connectivity index (χ2v) is 27.4. The Hall–Kier alpha value is -12.9. The number of hydrogen-bond acceptors (Lipinski definition) is 13. The molecule has 0 atom stereocenters. The number of aromatic nitrogens is 2. The SMILES string of the molecule is CCC(=O)c1ccc(-c2ccccc2)c(OCc2ccccc2)c1.CCOP(=O)(C/C=C/COc1cc(-c2nc3ccc(F)cc3c(C(=O)O)c2C)ccc1-c1ccccc1)OCC.Cc1c(-c2ccc(-c3ccccc3)c(OCc3ccccc3)c2)nc2ccc(F)cc2c1C(=O)O.O=C1Nc2ccc(F)cc2C1=O. The molecule has 0 radical (unpaired) electrons. The fourth-order valence-corrected chi connectivity index (χ4v) is 14.0. The summed E-state index contributed by atoms with van der Waals surface area (Å²) in [7, 11) is -3.20. The minimum absolute atomic E-state index is 0.00469. The largest absolute Gasteiger partial charge is 0.489 e. The van der Waals surface area contributed by atoms with Gasteiger partial charge in [0.1, 0.15) is 54.5 Å². The normalized spacial score (nSPS) is 11.5. The van der Waals surface area contributed by atoms with E-state index < -0.39 is 48.7 Å². The number of carbonyl (C=O) groups excluding carboxylic acids is 3. The van der Waals surface area contributed by atoms with Gasteiger partial charge in [0.25, 0.3) is 11.7 Å². The molecule has 0 spiro atoms. The maximum Gasteiger partial charge on any atom is 0.336 e. The van der Waals surface area contributed by atoms with Crippen molar-refractivity contribution in [2.24, 2.45) is 0 Å². The fourth-order valence-electron chi connectivity index (χ4n) is 12.5. The summed E-state index contributed by atoms with van der Waals surface area (Å²) in [6, 6.07) is 78.3. The first kappa shape index (κ1) is 79.1. The number of carboxylic acids is 2. The average Bonchev–Trinajstić information content (AvgIpc) is 1.56. The number of fused-ring (bicyclic) bond motifs is 3. The van der Waals surface area contributed by atoms with Crippen LogP contribution in [0.3, 0.4) is 0 Å². The number of amides is 1. The number of nitrogens with one attached hydrogen (secondary N) is 1. The molecule has 0 bridgehead atoms. The van der Waals surface area contributed by atoms with Crippen LogP contribution in [0.1, 0.15) is 90.9 Å². The van der Waals surface area contributed by atoms with E-state index in [1.54, 1.807) is 39.8 Å². The summed E-state index contributed by atoms with van der Waals surface area (Å²) in [5.74, 6) is -3.11. The quantitative estimate of drug-likeness (QED) is 0.0221. The van der Waals surface area contributed by atoms with Gasteiger partial charge in [0, 0.05) is 50.6 Å². The summed E-state index contributed by atoms with van der Waals surface area (Å²) in [6.45, 7) is 10.4. The molecule has 3 N–H and O–H groups in total. The summed E-state index contributed by atoms with van der Waals surface area (Å²) in [4.78, 5) is 67.4. The fraction of sp³-hybridized carbons (Fsp3) is 0.132. The van der Waals surface area contributed by atoms with Crippen LogP contribution in [0.2, 0.25) is 0 Å². The molecular weight excluding hydrogens is 1430 g/mol. The van der Waals surface area contributed by atoms with E-state index in [1.165, 1.54) is 48.5 Å². The zero-order valence-electron chi connectivity index (χ0n) is 61.3. The number of ketones is 2. The molecule has 1 aliphatic rings. The molecule has 20 heteroatoms. The predicted octanol–water partition coefficient (Wildman–Crippen LogP) is 21.7. The van der Waals surface area contributed by atoms with Crippen LogP contribution in [0.5, 0.6) is 17.2 Å². The van der Waals surface area contributed by atoms with E-state index in [0.717, 1.165) is 61.9 Å². The molecule has 14 rings (SSSR count). The van der Waals surface area contributed by atoms with Crippen LogP contribution in [0, 0.1) is 31.3 Å². The number of rotatable bonds is 24. The van der Waals surface area contributed by atoms with Gasteiger partial charge in [-0.05, 0) is 158 Å². The first-order valence-electron chi connectivity index (χ1n) is 35.7. The summed E-state index contributed by atoms with van der Waals surface area (Å²) in [6.07, 6.45) is 4.08. The third kappa shape index (κ3) is 19.9. The number of aromatic carboxylic acids is 2. The highest BCUT2D eigenvalue weighted by molar-refractivity contribution is 7.54. The molecule has 0 saturated heterocycles. The minimum atomic E-state index is -3.20. The van der Waals surface area contributed by atoms with Crippen molar-refractivity contribution in [1.82, 2.24) is 9.97 Å². The number of allylic oxidation sites excluding steroid dienone is 1. The van der Waals surface area contributed by atoms with Crippen molar-refractivity contribution in [3.63, 3.8) is 0 Å². The Morgan fingerprint density at radius 3 is 1.29 bits per heavy atom. The van der Waals surface area contributed by atoms with E-state index in [9.17, 15) is 51.9 Å². The van der Waals surface area contributed by atoms with Gasteiger partial charge in [-0.25, -0.2) is 32.7 Å². The van der Waals surface area contributed by atoms with Crippen LogP contribution in [0.25, 0.3) is 77.7 Å². The number of hydrogen-bond donors (Lipinski definition) is 3. The lowest BCUT2D eigenvalue weighted by Crippen LogP contribution is -2.12. The molecule has 1 aliphatic heterocycles. The summed E-state index contributed by atoms with van der Waals surface area (Å²) >= 11 is 0. The first-order chi connectivity index (χ1) is 53.7. The van der Waals surface area contributed by atoms with E-state index in [1.807, 2.05) is 213 Å². The molecule has 13 aromatic rings. The lowest BCUT2D eigenvalue weighted by molar-refractivity contribution is -0.112. The molecule has 111 heavy (non-hydrogen) atoms. The number of anilines is 1. The Labute approximate surface area is 640 Å². The van der Waals surface area contributed by atoms with Crippen LogP contribution < -0.4 is 19.5 Å². The van der Waals surface area contributed by atoms with Crippen molar-refractivity contribution in [2.45, 2.75) is 54.3 Å². The molecule has 11 aromatic carbocycles. The number of halogens is 3. The van der Waals surface area contributed by atoms with Crippen LogP contribution in [0.4, 0.5) is 18.9 Å². The Balaban J connectivity index is 0.000000156. The Morgan fingerprint density at radius 1 is 0.450 bits per heavy atom. The maximum absolute atomic E-state index is 13.9. The Kier molecular flexibility index (Phi) is 26.6. The summed E-state index contributed by atoms with van der Waals surface area (Å²) in [5.41, 5.74) is 13.2. The van der Waals surface area contributed by atoms with Crippen molar-refractivity contribution in [1.29, 1.82) is 0 Å². The molecule has 0 fully saturated rings. The molecule has 0 aliphatic carbocycles. The number of ether oxygens (including phenoxy) is 3. The number of carboxylic acid groups (broad SMARTS) is 2. The molecule has 2 aromatic heterocycles. The van der Waals surface area contributed by atoms with E-state index in [4.69, 9.17) is 28.2 Å². The van der Waals surface area contributed by atoms with Gasteiger partial charge in [-0.3, -0.25) is 18.9 Å². The van der Waals surface area contributed by atoms with Crippen molar-refractivity contribution < 1.29 is 75.2 Å². The van der Waals surface area contributed by atoms with Crippen molar-refractivity contribution in [3.8, 4) is 73.1 Å². The highest BCUT2D eigenvalue weighted by Crippen LogP contribution is 2.48. The van der Waals surface area contributed by atoms with Gasteiger partial charge in [-0.1, -0.05) is 189 Å². The molecule has 0 unspecified atom stereocenters. The van der Waals surface area contributed by atoms with Crippen LogP contribution in [0.15, 0.2) is 273 Å². The third-order valence-corrected chi connectivity index (χ3v) is 19.8. The van der Waals surface area contributed by atoms with Gasteiger partial charge in [0.05, 0.1) is 64.2 Å². The van der Waals surface area contributed by atoms with Crippen molar-refractivity contribution in [2.75, 3.05) is 31.3 Å². The number of carbonyl (C=O) groups is 5. The van der Waals surface area contributed by atoms with E-state index in [-0.39, 0.29) is 59.2 Å². The van der Waals surface area contributed by atoms with Gasteiger partial charge in [-0.15, -0.1) is 0 Å². The van der Waals surface area contributed by atoms with E-state index in [0.29, 0.717) is 81.5 Å². The highest BCUT2D eigenvalue weighted by atomic mass is 31.2. The lowest BCUT2D eigenvalue weighted by Gasteiger charge is -2.16. The van der Waals surface area contributed by atoms with Crippen LogP contribution in [-0.4, -0.2) is 75.6 Å². The second-order valence-electron chi connectivity index (χ2n) is 25.3. The van der Waals surface area contributed by atoms with Gasteiger partial charge in [0.2, 0.25) is 0 Å². The van der Waals surface area contributed by atoms with Gasteiger partial charge in [0.15, 0.2) is 5.78 Å². The van der Waals surface area contributed by atoms with Gasteiger partial charge in [-0.2, -0.15) is 0 Å². The minimum Gasteiger partial charge on any atom is -0.489 e. The number of nitrogens with zero attached hydrogens (tertiary/aromatic N) is 2. The molecule has 0 saturated carbocycles. The maximum atomic E-state index is 13.9. The van der Waals surface area contributed by atoms with Crippen LogP contribution >= 0.6 is 7.60 Å². The number of benzene rings is 11. The predicted molar refractivity (Wildman–Crippen MR) is 426 cm³/mol. The average molecular weight is 1510 g/mol. The monoisotopic (exact) mass is 1510 g/mol. The summed E-state index contributed by atoms with van der Waals surface area (Å²) < 4.78 is 82.2. The Morgan fingerprint density at radius 2 is 0.856 bits per heavy atom. The van der Waals surface area contributed by atoms with Gasteiger partial charge < -0.3 is 38.8 Å². The molecule has 3 heterocycles. The molecule has 16 nitrogen and oxygen atoms in total. The number of Topliss-reactive ketones (excluding diaryl/α,β-unsaturated/α-hetero) is 2. The summed E-state index contributed by atoms with van der Waals surface area (Å²) in [5, 5.41) is 22.7. The number of pyridine rings is 2. The smallest absolute Gasteiger partial charge is 0.336 e. The highest BCUT2D eigenvalue weighted by Gasteiger charge is 2.29.